The van der Waals surface area contributed by atoms with E-state index in [0.717, 1.165) is 5.57 Å². The van der Waals surface area contributed by atoms with Crippen molar-refractivity contribution in [2.24, 2.45) is 0 Å². The number of hydrogen-bond acceptors (Lipinski definition) is 2. The van der Waals surface area contributed by atoms with E-state index < -0.39 is 5.60 Å². The lowest BCUT2D eigenvalue weighted by Gasteiger charge is -2.28. The minimum atomic E-state index is -0.465. The summed E-state index contributed by atoms with van der Waals surface area (Å²) < 4.78 is 7.00. The fraction of sp³-hybridized carbons (Fsp3) is 0.375. The van der Waals surface area contributed by atoms with Crippen molar-refractivity contribution in [1.82, 2.24) is 0 Å². The predicted octanol–water partition coefficient (Wildman–Crippen LogP) is 2.20. The molecule has 0 aromatic heterocycles. The van der Waals surface area contributed by atoms with E-state index >= 15 is 0 Å². The summed E-state index contributed by atoms with van der Waals surface area (Å²) in [5.41, 5.74) is 0.560. The first-order valence-electron chi connectivity index (χ1n) is 3.28. The fourth-order valence-corrected chi connectivity index (χ4v) is 1.83. The molecular weight excluding hydrogens is 255 g/mol. The summed E-state index contributed by atoms with van der Waals surface area (Å²) in [7, 11) is 0. The van der Waals surface area contributed by atoms with Gasteiger partial charge in [-0.25, -0.2) is 4.79 Å². The van der Waals surface area contributed by atoms with E-state index in [1.807, 2.05) is 17.9 Å². The van der Waals surface area contributed by atoms with Crippen molar-refractivity contribution in [3.8, 4) is 0 Å². The molecule has 1 heterocycles. The van der Waals surface area contributed by atoms with Crippen LogP contribution in [0.1, 0.15) is 13.8 Å². The number of ether oxygens (including phenoxy) is 1. The monoisotopic (exact) mass is 264 g/mol. The number of carbonyl (C=O) groups is 1. The molecule has 0 N–H and O–H groups in total. The third kappa shape index (κ3) is 1.83. The number of esters is 1. The molecule has 1 aliphatic heterocycles. The van der Waals surface area contributed by atoms with E-state index in [4.69, 9.17) is 4.74 Å². The second-order valence-corrected chi connectivity index (χ2v) is 3.45. The van der Waals surface area contributed by atoms with Gasteiger partial charge in [0.15, 0.2) is 0 Å². The van der Waals surface area contributed by atoms with Gasteiger partial charge in [0.1, 0.15) is 5.60 Å². The van der Waals surface area contributed by atoms with Gasteiger partial charge in [0.05, 0.1) is 0 Å². The normalized spacial score (nSPS) is 25.4. The van der Waals surface area contributed by atoms with Crippen LogP contribution in [-0.2, 0) is 9.53 Å². The van der Waals surface area contributed by atoms with Crippen LogP contribution in [0.25, 0.3) is 0 Å². The second kappa shape index (κ2) is 2.97. The van der Waals surface area contributed by atoms with Crippen LogP contribution >= 0.6 is 22.6 Å². The van der Waals surface area contributed by atoms with Crippen LogP contribution in [0, 0.1) is 0 Å². The molecule has 3 heteroatoms. The quantitative estimate of drug-likeness (QED) is 0.495. The molecule has 1 aliphatic rings. The van der Waals surface area contributed by atoms with E-state index in [1.54, 1.807) is 6.08 Å². The Bertz CT molecular complexity index is 238. The molecule has 11 heavy (non-hydrogen) atoms. The van der Waals surface area contributed by atoms with Gasteiger partial charge in [-0.1, -0.05) is 22.6 Å². The standard InChI is InChI=1S/C8H9IO2/c1-8(2)6(5-9)3-4-7(10)11-8/h3-5H,1-2H3/b6-5-. The van der Waals surface area contributed by atoms with Gasteiger partial charge < -0.3 is 4.74 Å². The molecule has 0 spiro atoms. The number of hydrogen-bond donors (Lipinski definition) is 0. The topological polar surface area (TPSA) is 26.3 Å². The average molecular weight is 264 g/mol. The summed E-state index contributed by atoms with van der Waals surface area (Å²) in [4.78, 5) is 10.8. The molecule has 0 amide bonds. The molecule has 1 rings (SSSR count). The Kier molecular flexibility index (Phi) is 2.37. The zero-order valence-electron chi connectivity index (χ0n) is 6.43. The number of halogens is 1. The first kappa shape index (κ1) is 8.77. The van der Waals surface area contributed by atoms with Gasteiger partial charge in [-0.3, -0.25) is 0 Å². The SMILES string of the molecule is CC1(C)OC(=O)C=C/C1=C/I. The van der Waals surface area contributed by atoms with Crippen molar-refractivity contribution in [1.29, 1.82) is 0 Å². The lowest BCUT2D eigenvalue weighted by atomic mass is 9.97. The number of rotatable bonds is 0. The van der Waals surface area contributed by atoms with Crippen molar-refractivity contribution in [2.45, 2.75) is 19.4 Å². The maximum absolute atomic E-state index is 10.8. The zero-order chi connectivity index (χ0) is 8.48. The Morgan fingerprint density at radius 2 is 2.18 bits per heavy atom. The Balaban J connectivity index is 2.99. The van der Waals surface area contributed by atoms with E-state index in [9.17, 15) is 4.79 Å². The van der Waals surface area contributed by atoms with E-state index in [-0.39, 0.29) is 5.97 Å². The predicted molar refractivity (Wildman–Crippen MR) is 51.4 cm³/mol. The minimum Gasteiger partial charge on any atom is -0.452 e. The summed E-state index contributed by atoms with van der Waals surface area (Å²) in [6, 6.07) is 0. The van der Waals surface area contributed by atoms with Crippen LogP contribution in [0.3, 0.4) is 0 Å². The van der Waals surface area contributed by atoms with Crippen LogP contribution in [-0.4, -0.2) is 11.6 Å². The molecule has 0 aromatic carbocycles. The molecule has 2 nitrogen and oxygen atoms in total. The first-order chi connectivity index (χ1) is 5.06. The van der Waals surface area contributed by atoms with Gasteiger partial charge in [0.25, 0.3) is 0 Å². The molecule has 0 fully saturated rings. The largest absolute Gasteiger partial charge is 0.452 e. The van der Waals surface area contributed by atoms with Crippen molar-refractivity contribution < 1.29 is 9.53 Å². The van der Waals surface area contributed by atoms with Crippen LogP contribution in [0.5, 0.6) is 0 Å². The van der Waals surface area contributed by atoms with Crippen molar-refractivity contribution in [3.05, 3.63) is 21.8 Å². The van der Waals surface area contributed by atoms with Gasteiger partial charge in [-0.05, 0) is 24.0 Å². The highest BCUT2D eigenvalue weighted by atomic mass is 127. The van der Waals surface area contributed by atoms with Gasteiger partial charge in [0, 0.05) is 11.6 Å². The highest BCUT2D eigenvalue weighted by molar-refractivity contribution is 14.1. The Hall–Kier alpha value is -0.320. The van der Waals surface area contributed by atoms with E-state index in [1.165, 1.54) is 6.08 Å². The highest BCUT2D eigenvalue weighted by Crippen LogP contribution is 2.26. The maximum Gasteiger partial charge on any atom is 0.331 e. The second-order valence-electron chi connectivity index (χ2n) is 2.83. The van der Waals surface area contributed by atoms with Crippen LogP contribution < -0.4 is 0 Å². The van der Waals surface area contributed by atoms with Crippen molar-refractivity contribution >= 4 is 28.6 Å². The van der Waals surface area contributed by atoms with Crippen molar-refractivity contribution in [2.75, 3.05) is 0 Å². The number of cyclic esters (lactones) is 1. The van der Waals surface area contributed by atoms with E-state index in [2.05, 4.69) is 22.6 Å². The molecule has 0 aromatic rings. The first-order valence-corrected chi connectivity index (χ1v) is 4.53. The fourth-order valence-electron chi connectivity index (χ4n) is 0.871. The minimum absolute atomic E-state index is 0.267. The molecule has 0 radical (unpaired) electrons. The highest BCUT2D eigenvalue weighted by Gasteiger charge is 2.28. The molecule has 0 saturated heterocycles. The lowest BCUT2D eigenvalue weighted by molar-refractivity contribution is -0.147. The van der Waals surface area contributed by atoms with Crippen LogP contribution in [0.2, 0.25) is 0 Å². The third-order valence-electron chi connectivity index (χ3n) is 1.57. The lowest BCUT2D eigenvalue weighted by Crippen LogP contribution is -2.31. The average Bonchev–Trinajstić information content (AvgIpc) is 1.85. The summed E-state index contributed by atoms with van der Waals surface area (Å²) in [6.45, 7) is 3.75. The Labute approximate surface area is 79.4 Å². The summed E-state index contributed by atoms with van der Waals surface area (Å²) in [5.74, 6) is -0.267. The summed E-state index contributed by atoms with van der Waals surface area (Å²) in [6.07, 6.45) is 3.23. The molecule has 0 bridgehead atoms. The Morgan fingerprint density at radius 1 is 1.55 bits per heavy atom. The smallest absolute Gasteiger partial charge is 0.331 e. The zero-order valence-corrected chi connectivity index (χ0v) is 8.58. The maximum atomic E-state index is 10.8. The molecule has 60 valence electrons. The van der Waals surface area contributed by atoms with Crippen LogP contribution in [0.15, 0.2) is 21.8 Å². The summed E-state index contributed by atoms with van der Waals surface area (Å²) in [5, 5.41) is 0. The van der Waals surface area contributed by atoms with E-state index in [0.29, 0.717) is 0 Å². The molecule has 0 atom stereocenters. The summed E-state index contributed by atoms with van der Waals surface area (Å²) >= 11 is 2.13. The molecule has 0 aliphatic carbocycles. The van der Waals surface area contributed by atoms with Gasteiger partial charge in [-0.2, -0.15) is 0 Å². The van der Waals surface area contributed by atoms with Gasteiger partial charge in [-0.15, -0.1) is 0 Å². The number of carbonyl (C=O) groups excluding carboxylic acids is 1. The Morgan fingerprint density at radius 3 is 2.64 bits per heavy atom. The van der Waals surface area contributed by atoms with Gasteiger partial charge >= 0.3 is 5.97 Å². The molecular formula is C8H9IO2. The third-order valence-corrected chi connectivity index (χ3v) is 2.24. The molecule has 0 unspecified atom stereocenters. The van der Waals surface area contributed by atoms with Gasteiger partial charge in [0.2, 0.25) is 0 Å². The van der Waals surface area contributed by atoms with Crippen LogP contribution in [0.4, 0.5) is 0 Å². The van der Waals surface area contributed by atoms with Crippen molar-refractivity contribution in [3.63, 3.8) is 0 Å². The molecule has 0 saturated carbocycles.